The summed E-state index contributed by atoms with van der Waals surface area (Å²) in [5.41, 5.74) is 1.06. The van der Waals surface area contributed by atoms with Crippen molar-refractivity contribution < 1.29 is 19.2 Å². The molecular formula is C17H26BNO4. The minimum Gasteiger partial charge on any atom is -0.465 e. The topological polar surface area (TPSA) is 67.8 Å². The van der Waals surface area contributed by atoms with Gasteiger partial charge in [-0.2, -0.15) is 0 Å². The number of hydrogen-bond donors (Lipinski definition) is 2. The Labute approximate surface area is 138 Å². The predicted octanol–water partition coefficient (Wildman–Crippen LogP) is 3.09. The first-order valence-electron chi connectivity index (χ1n) is 8.11. The van der Waals surface area contributed by atoms with E-state index in [-0.39, 0.29) is 6.04 Å². The van der Waals surface area contributed by atoms with Gasteiger partial charge in [-0.15, -0.1) is 0 Å². The highest BCUT2D eigenvalue weighted by Gasteiger charge is 2.51. The van der Waals surface area contributed by atoms with Crippen LogP contribution in [-0.2, 0) is 9.31 Å². The molecule has 1 saturated heterocycles. The molecule has 1 amide bonds. The van der Waals surface area contributed by atoms with E-state index in [1.807, 2.05) is 58.9 Å². The number of benzene rings is 1. The lowest BCUT2D eigenvalue weighted by atomic mass is 9.77. The third-order valence-corrected chi connectivity index (χ3v) is 4.71. The van der Waals surface area contributed by atoms with Crippen molar-refractivity contribution >= 4 is 18.7 Å². The van der Waals surface area contributed by atoms with Gasteiger partial charge in [0.05, 0.1) is 17.2 Å². The SMILES string of the molecule is CCCC(NC(=O)O)c1cccc(B2OC(C)(C)C(C)(C)O2)c1. The Bertz CT molecular complexity index is 557. The number of amides is 1. The van der Waals surface area contributed by atoms with E-state index in [1.54, 1.807) is 0 Å². The van der Waals surface area contributed by atoms with Crippen molar-refractivity contribution in [3.63, 3.8) is 0 Å². The molecule has 23 heavy (non-hydrogen) atoms. The van der Waals surface area contributed by atoms with E-state index in [0.717, 1.165) is 23.9 Å². The summed E-state index contributed by atoms with van der Waals surface area (Å²) in [6.45, 7) is 10.1. The van der Waals surface area contributed by atoms with Gasteiger partial charge >= 0.3 is 13.2 Å². The van der Waals surface area contributed by atoms with Crippen molar-refractivity contribution in [2.45, 2.75) is 64.7 Å². The molecule has 1 aromatic carbocycles. The molecule has 0 radical (unpaired) electrons. The Kier molecular flexibility index (Phi) is 5.06. The van der Waals surface area contributed by atoms with Crippen LogP contribution in [0.25, 0.3) is 0 Å². The Morgan fingerprint density at radius 1 is 1.26 bits per heavy atom. The van der Waals surface area contributed by atoms with Gasteiger partial charge in [-0.05, 0) is 45.1 Å². The summed E-state index contributed by atoms with van der Waals surface area (Å²) < 4.78 is 12.1. The Hall–Kier alpha value is -1.53. The lowest BCUT2D eigenvalue weighted by Gasteiger charge is -2.32. The molecule has 5 nitrogen and oxygen atoms in total. The number of rotatable bonds is 5. The van der Waals surface area contributed by atoms with E-state index in [0.29, 0.717) is 0 Å². The molecule has 0 bridgehead atoms. The third-order valence-electron chi connectivity index (χ3n) is 4.71. The fourth-order valence-corrected chi connectivity index (χ4v) is 2.66. The van der Waals surface area contributed by atoms with E-state index in [9.17, 15) is 4.79 Å². The molecule has 1 aromatic rings. The zero-order chi connectivity index (χ0) is 17.3. The second-order valence-electron chi connectivity index (χ2n) is 7.05. The molecule has 1 atom stereocenters. The highest BCUT2D eigenvalue weighted by molar-refractivity contribution is 6.62. The van der Waals surface area contributed by atoms with Crippen LogP contribution in [0.15, 0.2) is 24.3 Å². The maximum absolute atomic E-state index is 11.0. The minimum atomic E-state index is -1.01. The third kappa shape index (κ3) is 3.87. The van der Waals surface area contributed by atoms with Crippen molar-refractivity contribution in [2.75, 3.05) is 0 Å². The van der Waals surface area contributed by atoms with Gasteiger partial charge in [0.25, 0.3) is 0 Å². The van der Waals surface area contributed by atoms with Gasteiger partial charge in [-0.1, -0.05) is 37.6 Å². The normalized spacial score (nSPS) is 20.3. The maximum atomic E-state index is 11.0. The van der Waals surface area contributed by atoms with Crippen LogP contribution in [0.3, 0.4) is 0 Å². The molecule has 1 fully saturated rings. The number of carboxylic acid groups (broad SMARTS) is 1. The van der Waals surface area contributed by atoms with Crippen LogP contribution in [0, 0.1) is 0 Å². The molecule has 1 unspecified atom stereocenters. The van der Waals surface area contributed by atoms with Gasteiger partial charge in [-0.25, -0.2) is 4.79 Å². The van der Waals surface area contributed by atoms with Crippen molar-refractivity contribution in [3.05, 3.63) is 29.8 Å². The fraction of sp³-hybridized carbons (Fsp3) is 0.588. The summed E-state index contributed by atoms with van der Waals surface area (Å²) in [6.07, 6.45) is 0.634. The van der Waals surface area contributed by atoms with Crippen molar-refractivity contribution in [2.24, 2.45) is 0 Å². The first-order valence-corrected chi connectivity index (χ1v) is 8.11. The molecular weight excluding hydrogens is 293 g/mol. The largest absolute Gasteiger partial charge is 0.494 e. The zero-order valence-electron chi connectivity index (χ0n) is 14.6. The van der Waals surface area contributed by atoms with E-state index < -0.39 is 24.4 Å². The van der Waals surface area contributed by atoms with Crippen LogP contribution in [0.2, 0.25) is 0 Å². The molecule has 2 N–H and O–H groups in total. The van der Waals surface area contributed by atoms with E-state index >= 15 is 0 Å². The van der Waals surface area contributed by atoms with Crippen LogP contribution >= 0.6 is 0 Å². The smallest absolute Gasteiger partial charge is 0.465 e. The number of hydrogen-bond acceptors (Lipinski definition) is 3. The molecule has 0 spiro atoms. The molecule has 0 saturated carbocycles. The lowest BCUT2D eigenvalue weighted by Crippen LogP contribution is -2.41. The van der Waals surface area contributed by atoms with Gasteiger partial charge in [0.1, 0.15) is 0 Å². The van der Waals surface area contributed by atoms with Gasteiger partial charge in [0, 0.05) is 0 Å². The van der Waals surface area contributed by atoms with Gasteiger partial charge < -0.3 is 19.7 Å². The molecule has 126 valence electrons. The van der Waals surface area contributed by atoms with Gasteiger partial charge in [0.2, 0.25) is 0 Å². The van der Waals surface area contributed by atoms with Crippen molar-refractivity contribution in [3.8, 4) is 0 Å². The monoisotopic (exact) mass is 319 g/mol. The van der Waals surface area contributed by atoms with Crippen LogP contribution in [0.1, 0.15) is 59.1 Å². The maximum Gasteiger partial charge on any atom is 0.494 e. The Morgan fingerprint density at radius 2 is 1.87 bits per heavy atom. The fourth-order valence-electron chi connectivity index (χ4n) is 2.66. The summed E-state index contributed by atoms with van der Waals surface area (Å²) >= 11 is 0. The minimum absolute atomic E-state index is 0.222. The standard InChI is InChI=1S/C17H26BNO4/c1-6-8-14(19-15(20)21)12-9-7-10-13(11-12)18-22-16(2,3)17(4,5)23-18/h7,9-11,14,19H,6,8H2,1-5H3,(H,20,21). The molecule has 1 aliphatic heterocycles. The molecule has 1 aliphatic rings. The highest BCUT2D eigenvalue weighted by atomic mass is 16.7. The summed E-state index contributed by atoms with van der Waals surface area (Å²) in [7, 11) is -0.438. The average molecular weight is 319 g/mol. The second kappa shape index (κ2) is 6.53. The Morgan fingerprint density at radius 3 is 2.39 bits per heavy atom. The van der Waals surface area contributed by atoms with E-state index in [1.165, 1.54) is 0 Å². The molecule has 2 rings (SSSR count). The molecule has 0 aliphatic carbocycles. The lowest BCUT2D eigenvalue weighted by molar-refractivity contribution is 0.00578. The summed E-state index contributed by atoms with van der Waals surface area (Å²) in [4.78, 5) is 11.0. The summed E-state index contributed by atoms with van der Waals surface area (Å²) in [6, 6.07) is 7.56. The van der Waals surface area contributed by atoms with Gasteiger partial charge in [0.15, 0.2) is 0 Å². The van der Waals surface area contributed by atoms with Crippen LogP contribution < -0.4 is 10.8 Å². The van der Waals surface area contributed by atoms with E-state index in [2.05, 4.69) is 5.32 Å². The quantitative estimate of drug-likeness (QED) is 0.819. The van der Waals surface area contributed by atoms with Crippen LogP contribution in [-0.4, -0.2) is 29.5 Å². The molecule has 0 aromatic heterocycles. The summed E-state index contributed by atoms with van der Waals surface area (Å²) in [5.74, 6) is 0. The molecule has 6 heteroatoms. The zero-order valence-corrected chi connectivity index (χ0v) is 14.6. The number of carbonyl (C=O) groups is 1. The first-order chi connectivity index (χ1) is 10.7. The predicted molar refractivity (Wildman–Crippen MR) is 91.0 cm³/mol. The average Bonchev–Trinajstić information content (AvgIpc) is 2.67. The second-order valence-corrected chi connectivity index (χ2v) is 7.05. The highest BCUT2D eigenvalue weighted by Crippen LogP contribution is 2.36. The first kappa shape index (κ1) is 17.8. The Balaban J connectivity index is 2.24. The van der Waals surface area contributed by atoms with Crippen LogP contribution in [0.4, 0.5) is 4.79 Å². The van der Waals surface area contributed by atoms with E-state index in [4.69, 9.17) is 14.4 Å². The number of nitrogens with one attached hydrogen (secondary N) is 1. The van der Waals surface area contributed by atoms with Crippen LogP contribution in [0.5, 0.6) is 0 Å². The summed E-state index contributed by atoms with van der Waals surface area (Å²) in [5, 5.41) is 11.6. The van der Waals surface area contributed by atoms with Crippen molar-refractivity contribution in [1.29, 1.82) is 0 Å². The molecule has 1 heterocycles. The van der Waals surface area contributed by atoms with Gasteiger partial charge in [-0.3, -0.25) is 0 Å². The van der Waals surface area contributed by atoms with Crippen molar-refractivity contribution in [1.82, 2.24) is 5.32 Å².